The average molecular weight is 362 g/mol. The van der Waals surface area contributed by atoms with Gasteiger partial charge in [-0.05, 0) is 56.1 Å². The number of aryl methyl sites for hydroxylation is 2. The van der Waals surface area contributed by atoms with Crippen molar-refractivity contribution in [2.45, 2.75) is 52.0 Å². The van der Waals surface area contributed by atoms with E-state index in [2.05, 4.69) is 34.5 Å². The lowest BCUT2D eigenvalue weighted by Crippen LogP contribution is -2.33. The molecule has 1 aromatic carbocycles. The lowest BCUT2D eigenvalue weighted by Gasteiger charge is -2.21. The largest absolute Gasteiger partial charge is 0.349 e. The quantitative estimate of drug-likeness (QED) is 0.754. The van der Waals surface area contributed by atoms with Crippen LogP contribution in [0.4, 0.5) is 0 Å². The zero-order valence-electron chi connectivity index (χ0n) is 16.0. The van der Waals surface area contributed by atoms with E-state index < -0.39 is 0 Å². The number of benzene rings is 1. The summed E-state index contributed by atoms with van der Waals surface area (Å²) in [6.45, 7) is 4.31. The number of fused-ring (bicyclic) bond motifs is 3. The van der Waals surface area contributed by atoms with Crippen LogP contribution in [-0.2, 0) is 19.3 Å². The van der Waals surface area contributed by atoms with Crippen molar-refractivity contribution in [2.75, 3.05) is 0 Å². The van der Waals surface area contributed by atoms with Gasteiger partial charge in [-0.15, -0.1) is 0 Å². The minimum absolute atomic E-state index is 0.0890. The molecule has 0 spiro atoms. The fourth-order valence-corrected chi connectivity index (χ4v) is 3.87. The Hall–Kier alpha value is -2.69. The van der Waals surface area contributed by atoms with Gasteiger partial charge >= 0.3 is 0 Å². The molecule has 2 atom stereocenters. The minimum Gasteiger partial charge on any atom is -0.349 e. The molecular weight excluding hydrogens is 336 g/mol. The Bertz CT molecular complexity index is 948. The van der Waals surface area contributed by atoms with Crippen molar-refractivity contribution in [2.24, 2.45) is 5.92 Å². The van der Waals surface area contributed by atoms with Crippen LogP contribution in [0.25, 0.3) is 5.65 Å². The number of hydrogen-bond acceptors (Lipinski definition) is 3. The average Bonchev–Trinajstić information content (AvgIpc) is 3.11. The van der Waals surface area contributed by atoms with Gasteiger partial charge in [0.05, 0.1) is 6.20 Å². The van der Waals surface area contributed by atoms with Crippen LogP contribution in [0.2, 0.25) is 0 Å². The van der Waals surface area contributed by atoms with E-state index in [1.807, 2.05) is 35.8 Å². The van der Waals surface area contributed by atoms with Crippen LogP contribution in [-0.4, -0.2) is 26.5 Å². The zero-order valence-corrected chi connectivity index (χ0v) is 16.0. The first-order valence-electron chi connectivity index (χ1n) is 9.81. The summed E-state index contributed by atoms with van der Waals surface area (Å²) in [5, 5.41) is 7.57. The molecule has 1 aliphatic rings. The summed E-state index contributed by atoms with van der Waals surface area (Å²) < 4.78 is 1.87. The van der Waals surface area contributed by atoms with Crippen LogP contribution in [0.5, 0.6) is 0 Å². The molecule has 1 N–H and O–H groups in total. The highest BCUT2D eigenvalue weighted by molar-refractivity contribution is 5.99. The molecule has 0 aliphatic heterocycles. The highest BCUT2D eigenvalue weighted by Gasteiger charge is 2.22. The van der Waals surface area contributed by atoms with Gasteiger partial charge in [-0.1, -0.05) is 37.3 Å². The Morgan fingerprint density at radius 3 is 2.93 bits per heavy atom. The molecule has 0 bridgehead atoms. The maximum atomic E-state index is 12.8. The van der Waals surface area contributed by atoms with Gasteiger partial charge in [0.15, 0.2) is 5.65 Å². The summed E-state index contributed by atoms with van der Waals surface area (Å²) in [4.78, 5) is 17.3. The molecule has 3 aromatic rings. The third kappa shape index (κ3) is 3.72. The molecular formula is C22H26N4O. The molecule has 0 unspecified atom stereocenters. The summed E-state index contributed by atoms with van der Waals surface area (Å²) >= 11 is 0. The molecule has 1 aliphatic carbocycles. The molecule has 5 nitrogen and oxygen atoms in total. The van der Waals surface area contributed by atoms with Crippen LogP contribution in [0, 0.1) is 5.92 Å². The number of rotatable bonds is 5. The van der Waals surface area contributed by atoms with Crippen LogP contribution in [0.1, 0.15) is 53.9 Å². The van der Waals surface area contributed by atoms with Crippen LogP contribution >= 0.6 is 0 Å². The van der Waals surface area contributed by atoms with Crippen LogP contribution < -0.4 is 5.32 Å². The zero-order chi connectivity index (χ0) is 18.8. The number of amides is 1. The molecule has 5 heteroatoms. The summed E-state index contributed by atoms with van der Waals surface area (Å²) in [6, 6.07) is 10.4. The first-order chi connectivity index (χ1) is 13.1. The van der Waals surface area contributed by atoms with E-state index in [0.717, 1.165) is 32.1 Å². The monoisotopic (exact) mass is 362 g/mol. The maximum Gasteiger partial charge on any atom is 0.256 e. The molecule has 0 saturated heterocycles. The van der Waals surface area contributed by atoms with Gasteiger partial charge in [0.1, 0.15) is 5.56 Å². The first-order valence-corrected chi connectivity index (χ1v) is 9.81. The molecule has 0 fully saturated rings. The van der Waals surface area contributed by atoms with E-state index in [4.69, 9.17) is 0 Å². The molecule has 1 amide bonds. The second kappa shape index (κ2) is 7.51. The van der Waals surface area contributed by atoms with E-state index >= 15 is 0 Å². The van der Waals surface area contributed by atoms with E-state index in [1.165, 1.54) is 16.8 Å². The van der Waals surface area contributed by atoms with Crippen LogP contribution in [0.3, 0.4) is 0 Å². The number of nitrogens with one attached hydrogen (secondary N) is 1. The van der Waals surface area contributed by atoms with Crippen molar-refractivity contribution in [1.29, 1.82) is 0 Å². The normalized spacial score (nSPS) is 17.5. The number of aromatic nitrogens is 3. The van der Waals surface area contributed by atoms with Crippen molar-refractivity contribution in [3.05, 3.63) is 65.1 Å². The summed E-state index contributed by atoms with van der Waals surface area (Å²) in [7, 11) is 0. The SMILES string of the molecule is C[C@@H]1CCc2c(cnc3c(C(=O)N[C@@H](C)CCc4ccccc4)cnn23)C1. The smallest absolute Gasteiger partial charge is 0.256 e. The second-order valence-electron chi connectivity index (χ2n) is 7.77. The van der Waals surface area contributed by atoms with Crippen molar-refractivity contribution in [3.8, 4) is 0 Å². The van der Waals surface area contributed by atoms with Gasteiger partial charge in [-0.3, -0.25) is 4.79 Å². The molecule has 2 aromatic heterocycles. The molecule has 0 radical (unpaired) electrons. The predicted molar refractivity (Wildman–Crippen MR) is 106 cm³/mol. The van der Waals surface area contributed by atoms with E-state index in [9.17, 15) is 4.79 Å². The Morgan fingerprint density at radius 1 is 1.30 bits per heavy atom. The van der Waals surface area contributed by atoms with E-state index in [-0.39, 0.29) is 11.9 Å². The third-order valence-electron chi connectivity index (χ3n) is 5.49. The fraction of sp³-hybridized carbons (Fsp3) is 0.409. The summed E-state index contributed by atoms with van der Waals surface area (Å²) in [5.74, 6) is 0.586. The number of hydrogen-bond donors (Lipinski definition) is 1. The second-order valence-corrected chi connectivity index (χ2v) is 7.77. The van der Waals surface area contributed by atoms with Gasteiger partial charge in [0.2, 0.25) is 0 Å². The number of nitrogens with zero attached hydrogens (tertiary/aromatic N) is 3. The standard InChI is InChI=1S/C22H26N4O/c1-15-8-11-20-18(12-15)13-23-21-19(14-24-26(20)21)22(27)25-16(2)9-10-17-6-4-3-5-7-17/h3-7,13-16H,8-12H2,1-2H3,(H,25,27)/t15-,16+/m1/s1. The number of carbonyl (C=O) groups is 1. The van der Waals surface area contributed by atoms with Crippen molar-refractivity contribution in [1.82, 2.24) is 19.9 Å². The highest BCUT2D eigenvalue weighted by atomic mass is 16.1. The van der Waals surface area contributed by atoms with Gasteiger partial charge in [0.25, 0.3) is 5.91 Å². The van der Waals surface area contributed by atoms with E-state index in [1.54, 1.807) is 6.20 Å². The third-order valence-corrected chi connectivity index (χ3v) is 5.49. The molecule has 0 saturated carbocycles. The van der Waals surface area contributed by atoms with Crippen molar-refractivity contribution >= 4 is 11.6 Å². The maximum absolute atomic E-state index is 12.8. The molecule has 4 rings (SSSR count). The molecule has 27 heavy (non-hydrogen) atoms. The Morgan fingerprint density at radius 2 is 2.11 bits per heavy atom. The van der Waals surface area contributed by atoms with Crippen LogP contribution in [0.15, 0.2) is 42.7 Å². The van der Waals surface area contributed by atoms with Crippen molar-refractivity contribution < 1.29 is 4.79 Å². The number of carbonyl (C=O) groups excluding carboxylic acids is 1. The Labute approximate surface area is 159 Å². The topological polar surface area (TPSA) is 59.3 Å². The Balaban J connectivity index is 1.46. The molecule has 2 heterocycles. The minimum atomic E-state index is -0.0952. The Kier molecular flexibility index (Phi) is 4.92. The van der Waals surface area contributed by atoms with E-state index in [0.29, 0.717) is 17.1 Å². The first kappa shape index (κ1) is 17.7. The lowest BCUT2D eigenvalue weighted by atomic mass is 9.89. The molecule has 140 valence electrons. The summed E-state index contributed by atoms with van der Waals surface area (Å²) in [5.41, 5.74) is 4.97. The lowest BCUT2D eigenvalue weighted by molar-refractivity contribution is 0.0940. The predicted octanol–water partition coefficient (Wildman–Crippen LogP) is 3.61. The highest BCUT2D eigenvalue weighted by Crippen LogP contribution is 2.25. The van der Waals surface area contributed by atoms with Gasteiger partial charge in [0, 0.05) is 17.9 Å². The van der Waals surface area contributed by atoms with Crippen molar-refractivity contribution in [3.63, 3.8) is 0 Å². The van der Waals surface area contributed by atoms with Gasteiger partial charge in [-0.25, -0.2) is 9.50 Å². The summed E-state index contributed by atoms with van der Waals surface area (Å²) in [6.07, 6.45) is 8.61. The van der Waals surface area contributed by atoms with Gasteiger partial charge < -0.3 is 5.32 Å². The fourth-order valence-electron chi connectivity index (χ4n) is 3.87. The van der Waals surface area contributed by atoms with Gasteiger partial charge in [-0.2, -0.15) is 5.10 Å².